The fourth-order valence-corrected chi connectivity index (χ4v) is 4.98. The van der Waals surface area contributed by atoms with Crippen LogP contribution < -0.4 is 5.73 Å². The van der Waals surface area contributed by atoms with Crippen molar-refractivity contribution in [3.63, 3.8) is 0 Å². The second-order valence-electron chi connectivity index (χ2n) is 7.16. The number of primary amides is 1. The van der Waals surface area contributed by atoms with Gasteiger partial charge in [0, 0.05) is 38.6 Å². The van der Waals surface area contributed by atoms with E-state index in [0.717, 1.165) is 0 Å². The van der Waals surface area contributed by atoms with E-state index in [-0.39, 0.29) is 28.1 Å². The number of benzene rings is 2. The zero-order valence-corrected chi connectivity index (χ0v) is 17.8. The fraction of sp³-hybridized carbons (Fsp3) is 0.190. The van der Waals surface area contributed by atoms with Crippen LogP contribution in [0.5, 0.6) is 0 Å². The minimum absolute atomic E-state index is 0.0355. The lowest BCUT2D eigenvalue weighted by molar-refractivity contribution is -0.137. The van der Waals surface area contributed by atoms with Crippen molar-refractivity contribution in [2.45, 2.75) is 25.3 Å². The van der Waals surface area contributed by atoms with Gasteiger partial charge in [-0.2, -0.15) is 0 Å². The summed E-state index contributed by atoms with van der Waals surface area (Å²) in [4.78, 5) is 37.0. The molecule has 0 bridgehead atoms. The molecule has 9 heteroatoms. The second kappa shape index (κ2) is 7.52. The molecule has 0 spiro atoms. The molecule has 1 aliphatic heterocycles. The Balaban J connectivity index is 2.03. The van der Waals surface area contributed by atoms with E-state index in [0.29, 0.717) is 34.0 Å². The Labute approximate surface area is 183 Å². The molecule has 3 N–H and O–H groups in total. The molecule has 1 aliphatic rings. The summed E-state index contributed by atoms with van der Waals surface area (Å²) in [7, 11) is 0. The number of amides is 1. The molecule has 0 radical (unpaired) electrons. The average Bonchev–Trinajstić information content (AvgIpc) is 3.19. The highest BCUT2D eigenvalue weighted by Gasteiger charge is 2.35. The van der Waals surface area contributed by atoms with Crippen molar-refractivity contribution in [1.82, 2.24) is 4.57 Å². The summed E-state index contributed by atoms with van der Waals surface area (Å²) < 4.78 is 16.3. The molecule has 2 aromatic carbocycles. The number of ketones is 1. The number of carbonyl (C=O) groups excluding carboxylic acids is 2. The molecule has 1 atom stereocenters. The van der Waals surface area contributed by atoms with E-state index in [1.807, 2.05) is 0 Å². The van der Waals surface area contributed by atoms with Crippen LogP contribution in [-0.4, -0.2) is 27.3 Å². The highest BCUT2D eigenvalue weighted by molar-refractivity contribution is 9.10. The van der Waals surface area contributed by atoms with Crippen molar-refractivity contribution in [3.8, 4) is 0 Å². The Kier molecular flexibility index (Phi) is 5.15. The van der Waals surface area contributed by atoms with Crippen molar-refractivity contribution in [3.05, 3.63) is 68.0 Å². The summed E-state index contributed by atoms with van der Waals surface area (Å²) in [5, 5.41) is 10.0. The summed E-state index contributed by atoms with van der Waals surface area (Å²) in [5.41, 5.74) is 6.72. The predicted molar refractivity (Wildman–Crippen MR) is 113 cm³/mol. The van der Waals surface area contributed by atoms with Crippen molar-refractivity contribution < 1.29 is 23.9 Å². The minimum atomic E-state index is -0.994. The number of fused-ring (bicyclic) bond motifs is 3. The zero-order valence-electron chi connectivity index (χ0n) is 15.4. The monoisotopic (exact) mass is 492 g/mol. The molecule has 154 valence electrons. The van der Waals surface area contributed by atoms with E-state index in [4.69, 9.17) is 17.3 Å². The number of carboxylic acids is 1. The zero-order chi connectivity index (χ0) is 21.7. The average molecular weight is 494 g/mol. The van der Waals surface area contributed by atoms with E-state index in [1.54, 1.807) is 4.57 Å². The molecular weight excluding hydrogens is 479 g/mol. The highest BCUT2D eigenvalue weighted by Crippen LogP contribution is 2.43. The Bertz CT molecular complexity index is 1250. The normalized spacial score (nSPS) is 15.4. The fourth-order valence-electron chi connectivity index (χ4n) is 4.19. The first-order chi connectivity index (χ1) is 14.2. The molecule has 0 saturated heterocycles. The first kappa shape index (κ1) is 20.6. The first-order valence-electron chi connectivity index (χ1n) is 9.06. The predicted octanol–water partition coefficient (Wildman–Crippen LogP) is 4.49. The van der Waals surface area contributed by atoms with Crippen LogP contribution in [0.25, 0.3) is 10.9 Å². The van der Waals surface area contributed by atoms with E-state index in [1.165, 1.54) is 30.3 Å². The van der Waals surface area contributed by atoms with Gasteiger partial charge in [-0.05, 0) is 52.7 Å². The maximum absolute atomic E-state index is 14.1. The lowest BCUT2D eigenvalue weighted by Crippen LogP contribution is -2.18. The van der Waals surface area contributed by atoms with Gasteiger partial charge in [0.25, 0.3) is 0 Å². The van der Waals surface area contributed by atoms with Crippen LogP contribution in [-0.2, 0) is 11.3 Å². The number of aromatic nitrogens is 1. The molecule has 0 fully saturated rings. The van der Waals surface area contributed by atoms with Crippen LogP contribution >= 0.6 is 27.5 Å². The second-order valence-corrected chi connectivity index (χ2v) is 8.45. The summed E-state index contributed by atoms with van der Waals surface area (Å²) in [6, 6.07) is 6.78. The van der Waals surface area contributed by atoms with Crippen molar-refractivity contribution in [2.75, 3.05) is 0 Å². The molecular formula is C21H15BrClFN2O4. The smallest absolute Gasteiger partial charge is 0.304 e. The Morgan fingerprint density at radius 2 is 1.97 bits per heavy atom. The van der Waals surface area contributed by atoms with Gasteiger partial charge in [-0.1, -0.05) is 11.6 Å². The molecule has 1 aromatic heterocycles. The SMILES string of the molecule is NC(=O)c1cc(Cl)ccc1C(=O)c1c2n(c3cc(F)cc(Br)c13)CCC2CC(=O)O. The third kappa shape index (κ3) is 3.30. The third-order valence-electron chi connectivity index (χ3n) is 5.35. The highest BCUT2D eigenvalue weighted by atomic mass is 79.9. The van der Waals surface area contributed by atoms with Crippen molar-refractivity contribution in [1.29, 1.82) is 0 Å². The topological polar surface area (TPSA) is 102 Å². The van der Waals surface area contributed by atoms with Crippen LogP contribution in [0.2, 0.25) is 5.02 Å². The number of nitrogens with two attached hydrogens (primary N) is 1. The number of halogens is 3. The Morgan fingerprint density at radius 1 is 1.23 bits per heavy atom. The summed E-state index contributed by atoms with van der Waals surface area (Å²) in [5.74, 6) is -3.21. The Hall–Kier alpha value is -2.71. The summed E-state index contributed by atoms with van der Waals surface area (Å²) in [6.45, 7) is 0.455. The molecule has 6 nitrogen and oxygen atoms in total. The molecule has 1 unspecified atom stereocenters. The number of hydrogen-bond donors (Lipinski definition) is 2. The molecule has 30 heavy (non-hydrogen) atoms. The van der Waals surface area contributed by atoms with E-state index >= 15 is 0 Å². The largest absolute Gasteiger partial charge is 0.481 e. The van der Waals surface area contributed by atoms with Gasteiger partial charge >= 0.3 is 5.97 Å². The lowest BCUT2D eigenvalue weighted by atomic mass is 9.90. The van der Waals surface area contributed by atoms with Gasteiger partial charge in [0.2, 0.25) is 5.91 Å². The van der Waals surface area contributed by atoms with Crippen LogP contribution in [0.1, 0.15) is 50.7 Å². The third-order valence-corrected chi connectivity index (χ3v) is 6.21. The summed E-state index contributed by atoms with van der Waals surface area (Å²) >= 11 is 9.30. The Morgan fingerprint density at radius 3 is 2.63 bits per heavy atom. The van der Waals surface area contributed by atoms with Gasteiger partial charge < -0.3 is 15.4 Å². The van der Waals surface area contributed by atoms with Gasteiger partial charge in [0.1, 0.15) is 5.82 Å². The van der Waals surface area contributed by atoms with Gasteiger partial charge in [-0.25, -0.2) is 4.39 Å². The quantitative estimate of drug-likeness (QED) is 0.511. The first-order valence-corrected chi connectivity index (χ1v) is 10.2. The van der Waals surface area contributed by atoms with E-state index < -0.39 is 29.4 Å². The molecule has 3 aromatic rings. The molecule has 2 heterocycles. The number of carbonyl (C=O) groups is 3. The van der Waals surface area contributed by atoms with Crippen LogP contribution in [0.3, 0.4) is 0 Å². The van der Waals surface area contributed by atoms with Gasteiger partial charge in [-0.15, -0.1) is 0 Å². The molecule has 0 aliphatic carbocycles. The van der Waals surface area contributed by atoms with Gasteiger partial charge in [0.05, 0.1) is 23.1 Å². The van der Waals surface area contributed by atoms with Gasteiger partial charge in [-0.3, -0.25) is 14.4 Å². The maximum Gasteiger partial charge on any atom is 0.304 e. The van der Waals surface area contributed by atoms with E-state index in [9.17, 15) is 23.9 Å². The minimum Gasteiger partial charge on any atom is -0.481 e. The van der Waals surface area contributed by atoms with Crippen LogP contribution in [0.4, 0.5) is 4.39 Å². The standard InChI is InChI=1S/C21H15BrClFN2O4/c22-14-7-11(24)8-15-17(14)18(19-9(5-16(27)28)3-4-26(15)19)20(29)12-2-1-10(23)6-13(12)21(25)30/h1-2,6-9H,3-5H2,(H2,25,30)(H,27,28). The number of rotatable bonds is 5. The number of carboxylic acid groups (broad SMARTS) is 1. The number of aryl methyl sites for hydroxylation is 1. The lowest BCUT2D eigenvalue weighted by Gasteiger charge is -2.12. The number of nitrogens with zero attached hydrogens (tertiary/aromatic N) is 1. The number of aliphatic carboxylic acids is 1. The van der Waals surface area contributed by atoms with Crippen molar-refractivity contribution in [2.24, 2.45) is 5.73 Å². The van der Waals surface area contributed by atoms with Crippen molar-refractivity contribution >= 4 is 56.1 Å². The number of hydrogen-bond acceptors (Lipinski definition) is 3. The van der Waals surface area contributed by atoms with Crippen LogP contribution in [0.15, 0.2) is 34.8 Å². The molecule has 4 rings (SSSR count). The maximum atomic E-state index is 14.1. The van der Waals surface area contributed by atoms with Gasteiger partial charge in [0.15, 0.2) is 5.78 Å². The molecule has 1 amide bonds. The summed E-state index contributed by atoms with van der Waals surface area (Å²) in [6.07, 6.45) is 0.343. The van der Waals surface area contributed by atoms with E-state index in [2.05, 4.69) is 15.9 Å². The van der Waals surface area contributed by atoms with Crippen LogP contribution in [0, 0.1) is 5.82 Å². The molecule has 0 saturated carbocycles.